The fraction of sp³-hybridized carbons (Fsp3) is 1.00. The smallest absolute Gasteiger partial charge is 0.171 e. The number of hydrogen-bond acceptors (Lipinski definition) is 0. The molecule has 0 saturated heterocycles. The van der Waals surface area contributed by atoms with E-state index in [9.17, 15) is 13.2 Å². The van der Waals surface area contributed by atoms with Gasteiger partial charge in [-0.3, -0.25) is 0 Å². The van der Waals surface area contributed by atoms with Crippen molar-refractivity contribution in [2.45, 2.75) is 42.7 Å². The second kappa shape index (κ2) is 5.22. The predicted octanol–water partition coefficient (Wildman–Crippen LogP) is 3.93. The van der Waals surface area contributed by atoms with Crippen molar-refractivity contribution < 1.29 is 13.2 Å². The standard InChI is InChI=1S/C7H12F3I/c1-2-3-4-6(11)5-7(8,9)10/h6H,2-5H2,1H3. The summed E-state index contributed by atoms with van der Waals surface area (Å²) in [5, 5.41) is 0. The number of hydrogen-bond donors (Lipinski definition) is 0. The molecule has 0 spiro atoms. The molecule has 1 atom stereocenters. The fourth-order valence-corrected chi connectivity index (χ4v) is 1.72. The van der Waals surface area contributed by atoms with Gasteiger partial charge in [0, 0.05) is 3.92 Å². The highest BCUT2D eigenvalue weighted by molar-refractivity contribution is 14.1. The maximum atomic E-state index is 11.7. The summed E-state index contributed by atoms with van der Waals surface area (Å²) in [6.07, 6.45) is -2.09. The summed E-state index contributed by atoms with van der Waals surface area (Å²) in [7, 11) is 0. The zero-order valence-electron chi connectivity index (χ0n) is 6.42. The molecule has 68 valence electrons. The number of alkyl halides is 4. The summed E-state index contributed by atoms with van der Waals surface area (Å²) >= 11 is 1.87. The summed E-state index contributed by atoms with van der Waals surface area (Å²) in [5.41, 5.74) is 0. The Kier molecular flexibility index (Phi) is 5.46. The molecule has 4 heteroatoms. The van der Waals surface area contributed by atoms with Crippen molar-refractivity contribution in [1.29, 1.82) is 0 Å². The molecule has 0 nitrogen and oxygen atoms in total. The molecule has 1 unspecified atom stereocenters. The summed E-state index contributed by atoms with van der Waals surface area (Å²) < 4.78 is 34.9. The van der Waals surface area contributed by atoms with Gasteiger partial charge in [-0.2, -0.15) is 13.2 Å². The van der Waals surface area contributed by atoms with Crippen LogP contribution in [-0.2, 0) is 0 Å². The third-order valence-electron chi connectivity index (χ3n) is 1.32. The molecule has 0 N–H and O–H groups in total. The zero-order valence-corrected chi connectivity index (χ0v) is 8.58. The largest absolute Gasteiger partial charge is 0.390 e. The maximum Gasteiger partial charge on any atom is 0.390 e. The normalized spacial score (nSPS) is 15.0. The number of unbranched alkanes of at least 4 members (excludes halogenated alkanes) is 1. The van der Waals surface area contributed by atoms with Crippen LogP contribution in [0.15, 0.2) is 0 Å². The number of halogens is 4. The summed E-state index contributed by atoms with van der Waals surface area (Å²) in [5.74, 6) is 0. The molecule has 0 heterocycles. The Morgan fingerprint density at radius 1 is 1.36 bits per heavy atom. The lowest BCUT2D eigenvalue weighted by molar-refractivity contribution is -0.133. The molecule has 0 amide bonds. The minimum absolute atomic E-state index is 0.243. The highest BCUT2D eigenvalue weighted by Gasteiger charge is 2.30. The van der Waals surface area contributed by atoms with E-state index >= 15 is 0 Å². The Hall–Kier alpha value is 0.520. The van der Waals surface area contributed by atoms with E-state index in [1.165, 1.54) is 0 Å². The molecule has 0 saturated carbocycles. The van der Waals surface area contributed by atoms with Crippen LogP contribution in [0.2, 0.25) is 0 Å². The van der Waals surface area contributed by atoms with Gasteiger partial charge < -0.3 is 0 Å². The van der Waals surface area contributed by atoms with Crippen molar-refractivity contribution in [3.05, 3.63) is 0 Å². The Morgan fingerprint density at radius 2 is 1.91 bits per heavy atom. The van der Waals surface area contributed by atoms with Crippen LogP contribution < -0.4 is 0 Å². The van der Waals surface area contributed by atoms with Crippen LogP contribution in [-0.4, -0.2) is 10.1 Å². The predicted molar refractivity (Wildman–Crippen MR) is 48.0 cm³/mol. The van der Waals surface area contributed by atoms with Crippen molar-refractivity contribution in [3.8, 4) is 0 Å². The van der Waals surface area contributed by atoms with E-state index in [1.807, 2.05) is 29.5 Å². The average Bonchev–Trinajstić information content (AvgIpc) is 1.79. The van der Waals surface area contributed by atoms with Crippen LogP contribution >= 0.6 is 22.6 Å². The Bertz CT molecular complexity index is 100. The van der Waals surface area contributed by atoms with Gasteiger partial charge in [0.2, 0.25) is 0 Å². The van der Waals surface area contributed by atoms with Gasteiger partial charge in [0.1, 0.15) is 0 Å². The van der Waals surface area contributed by atoms with E-state index in [-0.39, 0.29) is 3.92 Å². The van der Waals surface area contributed by atoms with Crippen molar-refractivity contribution in [1.82, 2.24) is 0 Å². The quantitative estimate of drug-likeness (QED) is 0.540. The highest BCUT2D eigenvalue weighted by Crippen LogP contribution is 2.27. The van der Waals surface area contributed by atoms with Crippen LogP contribution in [0.25, 0.3) is 0 Å². The first-order chi connectivity index (χ1) is 4.95. The molecule has 0 aliphatic rings. The second-order valence-electron chi connectivity index (χ2n) is 2.56. The first-order valence-electron chi connectivity index (χ1n) is 3.66. The minimum Gasteiger partial charge on any atom is -0.171 e. The van der Waals surface area contributed by atoms with E-state index in [0.29, 0.717) is 6.42 Å². The third kappa shape index (κ3) is 8.43. The molecular formula is C7H12F3I. The molecule has 0 radical (unpaired) electrons. The van der Waals surface area contributed by atoms with E-state index in [1.54, 1.807) is 0 Å². The van der Waals surface area contributed by atoms with Crippen LogP contribution in [0.4, 0.5) is 13.2 Å². The molecule has 0 aliphatic heterocycles. The first kappa shape index (κ1) is 11.5. The lowest BCUT2D eigenvalue weighted by Gasteiger charge is -2.11. The van der Waals surface area contributed by atoms with Crippen molar-refractivity contribution in [2.24, 2.45) is 0 Å². The summed E-state index contributed by atoms with van der Waals surface area (Å²) in [4.78, 5) is 0. The Morgan fingerprint density at radius 3 is 2.27 bits per heavy atom. The van der Waals surface area contributed by atoms with Gasteiger partial charge in [-0.1, -0.05) is 42.4 Å². The summed E-state index contributed by atoms with van der Waals surface area (Å²) in [6, 6.07) is 0. The summed E-state index contributed by atoms with van der Waals surface area (Å²) in [6.45, 7) is 1.98. The number of rotatable bonds is 4. The monoisotopic (exact) mass is 280 g/mol. The SMILES string of the molecule is CCCCC(I)CC(F)(F)F. The van der Waals surface area contributed by atoms with Crippen LogP contribution in [0.3, 0.4) is 0 Å². The van der Waals surface area contributed by atoms with Gasteiger partial charge >= 0.3 is 6.18 Å². The molecule has 0 rings (SSSR count). The lowest BCUT2D eigenvalue weighted by Crippen LogP contribution is -2.14. The van der Waals surface area contributed by atoms with Gasteiger partial charge in [0.05, 0.1) is 6.42 Å². The fourth-order valence-electron chi connectivity index (χ4n) is 0.779. The molecule has 11 heavy (non-hydrogen) atoms. The van der Waals surface area contributed by atoms with Crippen LogP contribution in [0.1, 0.15) is 32.6 Å². The average molecular weight is 280 g/mol. The molecular weight excluding hydrogens is 268 g/mol. The zero-order chi connectivity index (χ0) is 8.91. The van der Waals surface area contributed by atoms with Crippen molar-refractivity contribution in [2.75, 3.05) is 0 Å². The second-order valence-corrected chi connectivity index (χ2v) is 4.32. The highest BCUT2D eigenvalue weighted by atomic mass is 127. The van der Waals surface area contributed by atoms with Crippen LogP contribution in [0, 0.1) is 0 Å². The van der Waals surface area contributed by atoms with E-state index in [4.69, 9.17) is 0 Å². The van der Waals surface area contributed by atoms with Gasteiger partial charge in [0.25, 0.3) is 0 Å². The molecule has 0 bridgehead atoms. The molecule has 0 aromatic heterocycles. The van der Waals surface area contributed by atoms with Gasteiger partial charge in [-0.25, -0.2) is 0 Å². The van der Waals surface area contributed by atoms with Gasteiger partial charge in [0.15, 0.2) is 0 Å². The van der Waals surface area contributed by atoms with Crippen molar-refractivity contribution in [3.63, 3.8) is 0 Å². The molecule has 0 aromatic rings. The lowest BCUT2D eigenvalue weighted by atomic mass is 10.1. The van der Waals surface area contributed by atoms with E-state index < -0.39 is 12.6 Å². The third-order valence-corrected chi connectivity index (χ3v) is 2.39. The Balaban J connectivity index is 3.44. The van der Waals surface area contributed by atoms with Gasteiger partial charge in [-0.15, -0.1) is 0 Å². The topological polar surface area (TPSA) is 0 Å². The maximum absolute atomic E-state index is 11.7. The molecule has 0 aromatic carbocycles. The van der Waals surface area contributed by atoms with E-state index in [0.717, 1.165) is 12.8 Å². The van der Waals surface area contributed by atoms with Gasteiger partial charge in [-0.05, 0) is 6.42 Å². The van der Waals surface area contributed by atoms with Crippen LogP contribution in [0.5, 0.6) is 0 Å². The first-order valence-corrected chi connectivity index (χ1v) is 4.91. The minimum atomic E-state index is -3.99. The van der Waals surface area contributed by atoms with Crippen molar-refractivity contribution >= 4 is 22.6 Å². The molecule has 0 fully saturated rings. The Labute approximate surface area is 78.7 Å². The molecule has 0 aliphatic carbocycles. The van der Waals surface area contributed by atoms with E-state index in [2.05, 4.69) is 0 Å².